The van der Waals surface area contributed by atoms with Gasteiger partial charge in [0.15, 0.2) is 0 Å². The fourth-order valence-corrected chi connectivity index (χ4v) is 4.50. The molecule has 0 atom stereocenters. The van der Waals surface area contributed by atoms with Gasteiger partial charge in [0.1, 0.15) is 0 Å². The van der Waals surface area contributed by atoms with Crippen LogP contribution in [0.4, 0.5) is 0 Å². The van der Waals surface area contributed by atoms with Gasteiger partial charge in [0.25, 0.3) is 0 Å². The lowest BCUT2D eigenvalue weighted by molar-refractivity contribution is 0.200. The van der Waals surface area contributed by atoms with E-state index in [-0.39, 0.29) is 7.92 Å². The Morgan fingerprint density at radius 2 is 1.25 bits per heavy atom. The number of methoxy groups -OCH3 is 1. The molecular weight excluding hydrogens is 263 g/mol. The summed E-state index contributed by atoms with van der Waals surface area (Å²) in [6.45, 7) is 5.13. The molecule has 0 fully saturated rings. The zero-order chi connectivity index (χ0) is 14.4. The minimum Gasteiger partial charge on any atom is -0.385 e. The number of ether oxygens (including phenoxy) is 1. The molecule has 0 saturated heterocycles. The molecule has 0 unspecified atom stereocenters. The maximum atomic E-state index is 5.21. The lowest BCUT2D eigenvalue weighted by Gasteiger charge is -2.19. The zero-order valence-corrected chi connectivity index (χ0v) is 13.5. The average molecular weight is 286 g/mol. The van der Waals surface area contributed by atoms with Crippen LogP contribution in [-0.2, 0) is 4.74 Å². The van der Waals surface area contributed by atoms with E-state index in [9.17, 15) is 0 Å². The molecule has 0 aliphatic rings. The summed E-state index contributed by atoms with van der Waals surface area (Å²) in [6.07, 6.45) is 2.30. The van der Waals surface area contributed by atoms with E-state index in [1.165, 1.54) is 27.9 Å². The second-order valence-electron chi connectivity index (χ2n) is 5.17. The van der Waals surface area contributed by atoms with Crippen molar-refractivity contribution in [2.24, 2.45) is 0 Å². The fourth-order valence-electron chi connectivity index (χ4n) is 2.22. The molecule has 0 aromatic heterocycles. The highest BCUT2D eigenvalue weighted by Crippen LogP contribution is 2.34. The molecule has 0 radical (unpaired) electrons. The number of benzene rings is 2. The van der Waals surface area contributed by atoms with Gasteiger partial charge in [0.05, 0.1) is 0 Å². The molecule has 0 bridgehead atoms. The lowest BCUT2D eigenvalue weighted by atomic mass is 10.2. The molecule has 0 heterocycles. The highest BCUT2D eigenvalue weighted by Gasteiger charge is 2.13. The van der Waals surface area contributed by atoms with Gasteiger partial charge in [-0.05, 0) is 45.0 Å². The van der Waals surface area contributed by atoms with Crippen molar-refractivity contribution >= 4 is 18.5 Å². The zero-order valence-electron chi connectivity index (χ0n) is 12.6. The van der Waals surface area contributed by atoms with E-state index in [2.05, 4.69) is 62.4 Å². The molecule has 0 spiro atoms. The van der Waals surface area contributed by atoms with Crippen molar-refractivity contribution in [3.8, 4) is 0 Å². The van der Waals surface area contributed by atoms with E-state index in [1.807, 2.05) is 0 Å². The van der Waals surface area contributed by atoms with Crippen LogP contribution in [0.15, 0.2) is 48.5 Å². The van der Waals surface area contributed by atoms with Crippen LogP contribution >= 0.6 is 7.92 Å². The minimum atomic E-state index is -0.267. The summed E-state index contributed by atoms with van der Waals surface area (Å²) in [6, 6.07) is 18.0. The Morgan fingerprint density at radius 1 is 0.800 bits per heavy atom. The topological polar surface area (TPSA) is 9.23 Å². The fraction of sp³-hybridized carbons (Fsp3) is 0.333. The normalized spacial score (nSPS) is 11.0. The van der Waals surface area contributed by atoms with Crippen LogP contribution in [0.25, 0.3) is 0 Å². The van der Waals surface area contributed by atoms with Crippen molar-refractivity contribution in [1.82, 2.24) is 0 Å². The van der Waals surface area contributed by atoms with Crippen LogP contribution in [0.3, 0.4) is 0 Å². The van der Waals surface area contributed by atoms with Gasteiger partial charge < -0.3 is 4.74 Å². The Morgan fingerprint density at radius 3 is 1.65 bits per heavy atom. The number of hydrogen-bond acceptors (Lipinski definition) is 1. The van der Waals surface area contributed by atoms with E-state index in [0.29, 0.717) is 0 Å². The van der Waals surface area contributed by atoms with Crippen molar-refractivity contribution in [2.45, 2.75) is 20.3 Å². The van der Waals surface area contributed by atoms with Crippen molar-refractivity contribution in [1.29, 1.82) is 0 Å². The first-order valence-electron chi connectivity index (χ1n) is 7.10. The maximum Gasteiger partial charge on any atom is 0.0465 e. The molecule has 2 rings (SSSR count). The molecule has 1 nitrogen and oxygen atoms in total. The van der Waals surface area contributed by atoms with Crippen molar-refractivity contribution in [3.05, 3.63) is 59.7 Å². The first kappa shape index (κ1) is 15.2. The Hall–Kier alpha value is -1.17. The summed E-state index contributed by atoms with van der Waals surface area (Å²) >= 11 is 0. The third kappa shape index (κ3) is 4.16. The average Bonchev–Trinajstić information content (AvgIpc) is 2.46. The summed E-state index contributed by atoms with van der Waals surface area (Å²) in [5.74, 6) is 0. The largest absolute Gasteiger partial charge is 0.385 e. The van der Waals surface area contributed by atoms with E-state index in [4.69, 9.17) is 4.74 Å². The second kappa shape index (κ2) is 7.57. The van der Waals surface area contributed by atoms with Crippen LogP contribution in [0, 0.1) is 13.8 Å². The molecule has 0 N–H and O–H groups in total. The quantitative estimate of drug-likeness (QED) is 0.580. The first-order chi connectivity index (χ1) is 9.70. The van der Waals surface area contributed by atoms with Crippen LogP contribution in [-0.4, -0.2) is 19.9 Å². The maximum absolute atomic E-state index is 5.21. The number of hydrogen-bond donors (Lipinski definition) is 0. The third-order valence-electron chi connectivity index (χ3n) is 3.42. The van der Waals surface area contributed by atoms with Gasteiger partial charge in [-0.3, -0.25) is 0 Å². The highest BCUT2D eigenvalue weighted by molar-refractivity contribution is 7.73. The van der Waals surface area contributed by atoms with Gasteiger partial charge >= 0.3 is 0 Å². The predicted octanol–water partition coefficient (Wildman–Crippen LogP) is 3.77. The van der Waals surface area contributed by atoms with Crippen LogP contribution in [0.5, 0.6) is 0 Å². The molecule has 0 amide bonds. The van der Waals surface area contributed by atoms with E-state index in [1.54, 1.807) is 7.11 Å². The van der Waals surface area contributed by atoms with Gasteiger partial charge in [-0.25, -0.2) is 0 Å². The van der Waals surface area contributed by atoms with E-state index in [0.717, 1.165) is 13.0 Å². The van der Waals surface area contributed by atoms with E-state index >= 15 is 0 Å². The van der Waals surface area contributed by atoms with Gasteiger partial charge in [-0.15, -0.1) is 0 Å². The molecule has 2 aromatic carbocycles. The minimum absolute atomic E-state index is 0.267. The van der Waals surface area contributed by atoms with Crippen LogP contribution in [0.1, 0.15) is 17.5 Å². The van der Waals surface area contributed by atoms with Gasteiger partial charge in [0, 0.05) is 13.7 Å². The Bertz CT molecular complexity index is 471. The van der Waals surface area contributed by atoms with Crippen LogP contribution < -0.4 is 10.6 Å². The number of rotatable bonds is 6. The second-order valence-corrected chi connectivity index (χ2v) is 7.51. The molecular formula is C18H23OP. The van der Waals surface area contributed by atoms with Gasteiger partial charge in [0.2, 0.25) is 0 Å². The predicted molar refractivity (Wildman–Crippen MR) is 89.9 cm³/mol. The summed E-state index contributed by atoms with van der Waals surface area (Å²) in [7, 11) is 1.51. The smallest absolute Gasteiger partial charge is 0.0465 e. The Labute approximate surface area is 123 Å². The Balaban J connectivity index is 2.23. The highest BCUT2D eigenvalue weighted by atomic mass is 31.1. The van der Waals surface area contributed by atoms with Gasteiger partial charge in [-0.1, -0.05) is 59.7 Å². The SMILES string of the molecule is COCCCP(c1ccc(C)cc1)c1ccc(C)cc1. The molecule has 2 aromatic rings. The Kier molecular flexibility index (Phi) is 5.76. The van der Waals surface area contributed by atoms with Crippen molar-refractivity contribution in [2.75, 3.05) is 19.9 Å². The summed E-state index contributed by atoms with van der Waals surface area (Å²) < 4.78 is 5.21. The summed E-state index contributed by atoms with van der Waals surface area (Å²) in [5, 5.41) is 2.93. The molecule has 20 heavy (non-hydrogen) atoms. The summed E-state index contributed by atoms with van der Waals surface area (Å²) in [5.41, 5.74) is 2.65. The third-order valence-corrected chi connectivity index (χ3v) is 6.03. The van der Waals surface area contributed by atoms with Crippen LogP contribution in [0.2, 0.25) is 0 Å². The molecule has 0 saturated carbocycles. The molecule has 2 heteroatoms. The monoisotopic (exact) mass is 286 g/mol. The lowest BCUT2D eigenvalue weighted by Crippen LogP contribution is -2.15. The first-order valence-corrected chi connectivity index (χ1v) is 8.63. The summed E-state index contributed by atoms with van der Waals surface area (Å²) in [4.78, 5) is 0. The van der Waals surface area contributed by atoms with E-state index < -0.39 is 0 Å². The molecule has 0 aliphatic heterocycles. The van der Waals surface area contributed by atoms with Gasteiger partial charge in [-0.2, -0.15) is 0 Å². The molecule has 0 aliphatic carbocycles. The molecule has 106 valence electrons. The van der Waals surface area contributed by atoms with Crippen molar-refractivity contribution < 1.29 is 4.74 Å². The standard InChI is InChI=1S/C18H23OP/c1-15-5-9-17(10-6-15)20(14-4-13-19-3)18-11-7-16(2)8-12-18/h5-12H,4,13-14H2,1-3H3. The van der Waals surface area contributed by atoms with Crippen molar-refractivity contribution in [3.63, 3.8) is 0 Å². The number of aryl methyl sites for hydroxylation is 2.